The van der Waals surface area contributed by atoms with Crippen molar-refractivity contribution < 1.29 is 4.79 Å². The van der Waals surface area contributed by atoms with Crippen molar-refractivity contribution in [2.24, 2.45) is 23.7 Å². The lowest BCUT2D eigenvalue weighted by Gasteiger charge is -2.23. The highest BCUT2D eigenvalue weighted by Crippen LogP contribution is 2.45. The van der Waals surface area contributed by atoms with Gasteiger partial charge in [-0.25, -0.2) is 14.6 Å². The number of fused-ring (bicyclic) bond motifs is 3. The molecule has 0 radical (unpaired) electrons. The number of nitrogens with two attached hydrogens (primary N) is 1. The number of hydrogen-bond acceptors (Lipinski definition) is 6. The van der Waals surface area contributed by atoms with Gasteiger partial charge in [0.25, 0.3) is 0 Å². The van der Waals surface area contributed by atoms with Crippen LogP contribution in [-0.4, -0.2) is 61.6 Å². The number of anilines is 1. The molecule has 4 atom stereocenters. The molecule has 2 aliphatic carbocycles. The lowest BCUT2D eigenvalue weighted by Crippen LogP contribution is -2.28. The Balaban J connectivity index is 1.12. The minimum Gasteiger partial charge on any atom is -0.383 e. The maximum absolute atomic E-state index is 12.1. The van der Waals surface area contributed by atoms with Crippen LogP contribution in [0.1, 0.15) is 50.1 Å². The fraction of sp³-hybridized carbons (Fsp3) is 0.533. The molecule has 8 nitrogen and oxygen atoms in total. The second kappa shape index (κ2) is 9.49. The Labute approximate surface area is 223 Å². The van der Waals surface area contributed by atoms with Gasteiger partial charge in [-0.3, -0.25) is 9.69 Å². The molecule has 4 aliphatic rings. The zero-order valence-corrected chi connectivity index (χ0v) is 22.0. The number of amides is 1. The summed E-state index contributed by atoms with van der Waals surface area (Å²) in [6.07, 6.45) is 10.6. The van der Waals surface area contributed by atoms with Crippen molar-refractivity contribution in [1.29, 1.82) is 0 Å². The fourth-order valence-corrected chi connectivity index (χ4v) is 7.89. The van der Waals surface area contributed by atoms with Crippen LogP contribution in [0.15, 0.2) is 43.2 Å². The van der Waals surface area contributed by atoms with E-state index in [0.29, 0.717) is 17.7 Å². The third-order valence-corrected chi connectivity index (χ3v) is 9.76. The highest BCUT2D eigenvalue weighted by Gasteiger charge is 2.43. The summed E-state index contributed by atoms with van der Waals surface area (Å²) in [5, 5.41) is 5.95. The van der Waals surface area contributed by atoms with Crippen LogP contribution in [0, 0.1) is 23.7 Å². The lowest BCUT2D eigenvalue weighted by atomic mass is 9.82. The van der Waals surface area contributed by atoms with E-state index >= 15 is 0 Å². The van der Waals surface area contributed by atoms with E-state index in [-0.39, 0.29) is 11.9 Å². The molecule has 0 bridgehead atoms. The summed E-state index contributed by atoms with van der Waals surface area (Å²) in [7, 11) is 0. The van der Waals surface area contributed by atoms with Crippen molar-refractivity contribution in [3.8, 4) is 11.3 Å². The monoisotopic (exact) mass is 511 g/mol. The minimum absolute atomic E-state index is 0.0369. The number of rotatable bonds is 5. The van der Waals surface area contributed by atoms with E-state index in [0.717, 1.165) is 66.6 Å². The molecule has 4 unspecified atom stereocenters. The number of nitrogen functional groups attached to an aromatic ring is 1. The fourth-order valence-electron chi connectivity index (χ4n) is 7.89. The van der Waals surface area contributed by atoms with Gasteiger partial charge in [-0.15, -0.1) is 0 Å². The normalized spacial score (nSPS) is 29.1. The number of likely N-dealkylation sites (tertiary alicyclic amines) is 2. The molecule has 7 rings (SSSR count). The van der Waals surface area contributed by atoms with Crippen LogP contribution in [0.3, 0.4) is 0 Å². The summed E-state index contributed by atoms with van der Waals surface area (Å²) in [5.74, 6) is 3.29. The average molecular weight is 512 g/mol. The quantitative estimate of drug-likeness (QED) is 0.514. The van der Waals surface area contributed by atoms with Crippen molar-refractivity contribution in [3.63, 3.8) is 0 Å². The van der Waals surface area contributed by atoms with Crippen LogP contribution < -0.4 is 5.73 Å². The predicted molar refractivity (Wildman–Crippen MR) is 148 cm³/mol. The molecule has 198 valence electrons. The molecule has 1 amide bonds. The zero-order chi connectivity index (χ0) is 25.8. The zero-order valence-electron chi connectivity index (χ0n) is 22.0. The SMILES string of the molecule is C=CC(=O)N1CC2CC(n3nc(-c4ccc(CN5CC6CCCCC6C5)cc4)c4c(N)ncnc43)CC2C1. The molecule has 2 saturated heterocycles. The summed E-state index contributed by atoms with van der Waals surface area (Å²) < 4.78 is 2.08. The minimum atomic E-state index is 0.0369. The van der Waals surface area contributed by atoms with Gasteiger partial charge in [-0.2, -0.15) is 5.10 Å². The molecule has 3 aromatic rings. The molecule has 8 heteroatoms. The van der Waals surface area contributed by atoms with Crippen molar-refractivity contribution in [1.82, 2.24) is 29.5 Å². The van der Waals surface area contributed by atoms with E-state index in [2.05, 4.69) is 50.4 Å². The molecular formula is C30H37N7O. The van der Waals surface area contributed by atoms with Gasteiger partial charge in [0.15, 0.2) is 5.65 Å². The first-order valence-corrected chi connectivity index (χ1v) is 14.3. The van der Waals surface area contributed by atoms with Crippen molar-refractivity contribution >= 4 is 22.8 Å². The molecule has 1 aromatic carbocycles. The van der Waals surface area contributed by atoms with Gasteiger partial charge in [0.2, 0.25) is 5.91 Å². The second-order valence-corrected chi connectivity index (χ2v) is 12.0. The van der Waals surface area contributed by atoms with Gasteiger partial charge in [0.05, 0.1) is 11.4 Å². The molecule has 2 aliphatic heterocycles. The summed E-state index contributed by atoms with van der Waals surface area (Å²) in [4.78, 5) is 25.6. The van der Waals surface area contributed by atoms with Crippen LogP contribution in [-0.2, 0) is 11.3 Å². The third-order valence-electron chi connectivity index (χ3n) is 9.76. The van der Waals surface area contributed by atoms with Crippen LogP contribution in [0.5, 0.6) is 0 Å². The number of nitrogens with zero attached hydrogens (tertiary/aromatic N) is 6. The van der Waals surface area contributed by atoms with Crippen LogP contribution in [0.25, 0.3) is 22.3 Å². The van der Waals surface area contributed by atoms with Crippen LogP contribution in [0.4, 0.5) is 5.82 Å². The van der Waals surface area contributed by atoms with Crippen LogP contribution in [0.2, 0.25) is 0 Å². The van der Waals surface area contributed by atoms with Gasteiger partial charge >= 0.3 is 0 Å². The van der Waals surface area contributed by atoms with E-state index in [1.165, 1.54) is 56.7 Å². The first-order valence-electron chi connectivity index (χ1n) is 14.3. The Kier molecular flexibility index (Phi) is 5.95. The standard InChI is InChI=1S/C30H37N7O/c1-2-26(38)36-16-23-11-25(12-24(23)17-36)37-30-27(29(31)32-18-33-30)28(34-37)20-9-7-19(8-10-20)13-35-14-21-5-3-4-6-22(21)15-35/h2,7-10,18,21-25H,1,3-6,11-17H2,(H2,31,32,33). The molecule has 4 fully saturated rings. The van der Waals surface area contributed by atoms with E-state index < -0.39 is 0 Å². The third kappa shape index (κ3) is 4.10. The lowest BCUT2D eigenvalue weighted by molar-refractivity contribution is -0.125. The number of aromatic nitrogens is 4. The Hall–Kier alpha value is -3.26. The highest BCUT2D eigenvalue weighted by atomic mass is 16.2. The second-order valence-electron chi connectivity index (χ2n) is 12.0. The van der Waals surface area contributed by atoms with Gasteiger partial charge in [0.1, 0.15) is 17.8 Å². The molecule has 2 N–H and O–H groups in total. The molecule has 0 spiro atoms. The van der Waals surface area contributed by atoms with E-state index in [1.807, 2.05) is 4.90 Å². The number of carbonyl (C=O) groups excluding carboxylic acids is 1. The van der Waals surface area contributed by atoms with Gasteiger partial charge < -0.3 is 10.6 Å². The molecule has 4 heterocycles. The number of hydrogen-bond donors (Lipinski definition) is 1. The van der Waals surface area contributed by atoms with Gasteiger partial charge in [0, 0.05) is 38.3 Å². The number of benzene rings is 1. The van der Waals surface area contributed by atoms with Crippen LogP contribution >= 0.6 is 0 Å². The first kappa shape index (κ1) is 23.8. The average Bonchev–Trinajstić information content (AvgIpc) is 3.69. The van der Waals surface area contributed by atoms with Crippen molar-refractivity contribution in [2.45, 2.75) is 51.1 Å². The first-order chi connectivity index (χ1) is 18.6. The van der Waals surface area contributed by atoms with Crippen molar-refractivity contribution in [3.05, 3.63) is 48.8 Å². The summed E-state index contributed by atoms with van der Waals surface area (Å²) >= 11 is 0. The van der Waals surface area contributed by atoms with Gasteiger partial charge in [-0.1, -0.05) is 43.7 Å². The largest absolute Gasteiger partial charge is 0.383 e. The Morgan fingerprint density at radius 2 is 1.66 bits per heavy atom. The molecule has 2 saturated carbocycles. The highest BCUT2D eigenvalue weighted by molar-refractivity contribution is 5.98. The molecular weight excluding hydrogens is 474 g/mol. The molecule has 38 heavy (non-hydrogen) atoms. The topological polar surface area (TPSA) is 93.2 Å². The Morgan fingerprint density at radius 1 is 0.974 bits per heavy atom. The van der Waals surface area contributed by atoms with E-state index in [4.69, 9.17) is 10.8 Å². The summed E-state index contributed by atoms with van der Waals surface area (Å²) in [6.45, 7) is 8.76. The smallest absolute Gasteiger partial charge is 0.245 e. The van der Waals surface area contributed by atoms with E-state index in [9.17, 15) is 4.79 Å². The maximum Gasteiger partial charge on any atom is 0.245 e. The maximum atomic E-state index is 12.1. The predicted octanol–water partition coefficient (Wildman–Crippen LogP) is 4.29. The molecule has 2 aromatic heterocycles. The Bertz CT molecular complexity index is 1340. The summed E-state index contributed by atoms with van der Waals surface area (Å²) in [6, 6.07) is 9.09. The number of carbonyl (C=O) groups is 1. The van der Waals surface area contributed by atoms with Crippen molar-refractivity contribution in [2.75, 3.05) is 31.9 Å². The van der Waals surface area contributed by atoms with Gasteiger partial charge in [-0.05, 0) is 61.0 Å². The Morgan fingerprint density at radius 3 is 2.32 bits per heavy atom. The summed E-state index contributed by atoms with van der Waals surface area (Å²) in [5.41, 5.74) is 10.5. The van der Waals surface area contributed by atoms with E-state index in [1.54, 1.807) is 0 Å².